The van der Waals surface area contributed by atoms with Gasteiger partial charge in [0.25, 0.3) is 5.91 Å². The summed E-state index contributed by atoms with van der Waals surface area (Å²) in [4.78, 5) is 39.4. The third kappa shape index (κ3) is 3.70. The number of Topliss-reactive ketones (excluding diaryl/α,β-unsaturated/α-hetero) is 1. The highest BCUT2D eigenvalue weighted by Gasteiger charge is 2.58. The summed E-state index contributed by atoms with van der Waals surface area (Å²) in [6, 6.07) is 2.96. The number of amides is 1. The Balaban J connectivity index is 1.72. The molecule has 0 radical (unpaired) electrons. The SMILES string of the molecule is COc1c2n(cc(C(=O)NCc3ccc(F)cc3F)c1=O)C[C@@]1(O)CC[CH+]CC[C@]1(C)C2=O. The van der Waals surface area contributed by atoms with E-state index in [-0.39, 0.29) is 35.7 Å². The molecule has 2 N–H and O–H groups in total. The van der Waals surface area contributed by atoms with E-state index >= 15 is 0 Å². The molecule has 2 aliphatic rings. The number of nitrogens with one attached hydrogen (secondary N) is 1. The van der Waals surface area contributed by atoms with Crippen LogP contribution in [0.5, 0.6) is 5.75 Å². The Morgan fingerprint density at radius 3 is 2.70 bits per heavy atom. The van der Waals surface area contributed by atoms with Crippen molar-refractivity contribution in [2.75, 3.05) is 7.11 Å². The molecule has 4 rings (SSSR count). The number of nitrogens with zero attached hydrogens (tertiary/aromatic N) is 1. The van der Waals surface area contributed by atoms with Crippen LogP contribution in [0.15, 0.2) is 29.2 Å². The number of carbonyl (C=O) groups is 2. The van der Waals surface area contributed by atoms with Gasteiger partial charge in [0.05, 0.1) is 43.9 Å². The van der Waals surface area contributed by atoms with Gasteiger partial charge in [-0.05, 0) is 13.0 Å². The summed E-state index contributed by atoms with van der Waals surface area (Å²) in [6.07, 6.45) is 5.38. The Bertz CT molecular complexity index is 1190. The molecule has 1 aromatic carbocycles. The van der Waals surface area contributed by atoms with Crippen molar-refractivity contribution in [1.29, 1.82) is 0 Å². The number of rotatable bonds is 4. The van der Waals surface area contributed by atoms with Crippen LogP contribution in [-0.4, -0.2) is 34.1 Å². The molecular weight excluding hydrogens is 434 g/mol. The highest BCUT2D eigenvalue weighted by molar-refractivity contribution is 6.04. The van der Waals surface area contributed by atoms with Crippen LogP contribution in [0.3, 0.4) is 0 Å². The number of hydrogen-bond acceptors (Lipinski definition) is 5. The highest BCUT2D eigenvalue weighted by atomic mass is 19.1. The largest absolute Gasteiger partial charge is 0.491 e. The number of aromatic nitrogens is 1. The smallest absolute Gasteiger partial charge is 0.257 e. The molecule has 1 aromatic heterocycles. The fraction of sp³-hybridized carbons (Fsp3) is 0.417. The first-order chi connectivity index (χ1) is 15.6. The predicted octanol–water partition coefficient (Wildman–Crippen LogP) is 2.78. The molecule has 2 aromatic rings. The predicted molar refractivity (Wildman–Crippen MR) is 115 cm³/mol. The fourth-order valence-electron chi connectivity index (χ4n) is 4.79. The second kappa shape index (κ2) is 8.30. The molecule has 1 saturated carbocycles. The number of halogens is 2. The Kier molecular flexibility index (Phi) is 5.78. The number of pyridine rings is 1. The Morgan fingerprint density at radius 1 is 1.27 bits per heavy atom. The zero-order valence-electron chi connectivity index (χ0n) is 18.4. The van der Waals surface area contributed by atoms with Gasteiger partial charge in [-0.25, -0.2) is 8.78 Å². The van der Waals surface area contributed by atoms with Crippen molar-refractivity contribution in [3.05, 3.63) is 69.5 Å². The lowest BCUT2D eigenvalue weighted by molar-refractivity contribution is -0.0831. The lowest BCUT2D eigenvalue weighted by Gasteiger charge is -2.46. The summed E-state index contributed by atoms with van der Waals surface area (Å²) < 4.78 is 33.7. The number of methoxy groups -OCH3 is 1. The van der Waals surface area contributed by atoms with E-state index in [0.29, 0.717) is 31.7 Å². The highest BCUT2D eigenvalue weighted by Crippen LogP contribution is 2.49. The Labute approximate surface area is 189 Å². The van der Waals surface area contributed by atoms with Crippen molar-refractivity contribution in [1.82, 2.24) is 9.88 Å². The summed E-state index contributed by atoms with van der Waals surface area (Å²) in [5, 5.41) is 13.9. The molecule has 1 fully saturated rings. The maximum Gasteiger partial charge on any atom is 0.257 e. The Hall–Kier alpha value is -3.20. The first-order valence-electron chi connectivity index (χ1n) is 10.7. The van der Waals surface area contributed by atoms with Crippen molar-refractivity contribution in [3.63, 3.8) is 0 Å². The van der Waals surface area contributed by atoms with E-state index in [2.05, 4.69) is 5.32 Å². The van der Waals surface area contributed by atoms with Crippen LogP contribution in [0.25, 0.3) is 0 Å². The Morgan fingerprint density at radius 2 is 2.00 bits per heavy atom. The number of hydrogen-bond donors (Lipinski definition) is 2. The standard InChI is InChI=1S/C24H24F2N2O5/c1-23-8-4-3-5-9-24(23,32)13-28-12-16(19(29)20(33-2)18(28)21(23)30)22(31)27-11-14-6-7-15(25)10-17(14)26/h3,6-7,10,12,32H,4-5,8-9,11,13H2,1-2H3/p+1/t23-,24+/m1/s1. The second-order valence-electron chi connectivity index (χ2n) is 8.86. The number of benzene rings is 1. The first-order valence-corrected chi connectivity index (χ1v) is 10.7. The third-order valence-electron chi connectivity index (χ3n) is 6.93. The fourth-order valence-corrected chi connectivity index (χ4v) is 4.79. The van der Waals surface area contributed by atoms with Crippen LogP contribution >= 0.6 is 0 Å². The summed E-state index contributed by atoms with van der Waals surface area (Å²) in [7, 11) is 1.24. The van der Waals surface area contributed by atoms with Crippen LogP contribution in [0.2, 0.25) is 0 Å². The number of carbonyl (C=O) groups excluding carboxylic acids is 2. The molecule has 7 nitrogen and oxygen atoms in total. The molecule has 0 spiro atoms. The van der Waals surface area contributed by atoms with Crippen LogP contribution < -0.4 is 15.5 Å². The molecule has 0 saturated heterocycles. The number of aliphatic hydroxyl groups is 1. The average Bonchev–Trinajstić information content (AvgIpc) is 2.92. The minimum absolute atomic E-state index is 0.0158. The minimum atomic E-state index is -1.35. The average molecular weight is 459 g/mol. The van der Waals surface area contributed by atoms with Crippen molar-refractivity contribution in [3.8, 4) is 5.75 Å². The molecule has 33 heavy (non-hydrogen) atoms. The van der Waals surface area contributed by atoms with E-state index in [1.807, 2.05) is 6.42 Å². The van der Waals surface area contributed by atoms with Gasteiger partial charge in [0.2, 0.25) is 5.43 Å². The van der Waals surface area contributed by atoms with Crippen LogP contribution in [0.1, 0.15) is 59.0 Å². The molecule has 2 atom stereocenters. The van der Waals surface area contributed by atoms with E-state index < -0.39 is 39.8 Å². The van der Waals surface area contributed by atoms with E-state index in [1.165, 1.54) is 23.9 Å². The van der Waals surface area contributed by atoms with Gasteiger partial charge in [-0.1, -0.05) is 6.07 Å². The molecular formula is C24H25F2N2O5+. The lowest BCUT2D eigenvalue weighted by atomic mass is 9.64. The van der Waals surface area contributed by atoms with Gasteiger partial charge in [-0.3, -0.25) is 14.4 Å². The quantitative estimate of drug-likeness (QED) is 0.686. The van der Waals surface area contributed by atoms with Gasteiger partial charge in [0, 0.05) is 37.2 Å². The van der Waals surface area contributed by atoms with Crippen LogP contribution in [0, 0.1) is 23.5 Å². The van der Waals surface area contributed by atoms with Crippen molar-refractivity contribution < 1.29 is 28.2 Å². The monoisotopic (exact) mass is 459 g/mol. The molecule has 1 aliphatic carbocycles. The molecule has 174 valence electrons. The second-order valence-corrected chi connectivity index (χ2v) is 8.86. The molecule has 2 heterocycles. The van der Waals surface area contributed by atoms with E-state index in [9.17, 15) is 28.3 Å². The number of ketones is 1. The van der Waals surface area contributed by atoms with Gasteiger partial charge in [0.15, 0.2) is 11.5 Å². The topological polar surface area (TPSA) is 97.6 Å². The van der Waals surface area contributed by atoms with E-state index in [1.54, 1.807) is 6.92 Å². The van der Waals surface area contributed by atoms with Crippen molar-refractivity contribution in [2.45, 2.75) is 51.3 Å². The number of fused-ring (bicyclic) bond motifs is 2. The van der Waals surface area contributed by atoms with Crippen molar-refractivity contribution >= 4 is 11.7 Å². The number of ether oxygens (including phenoxy) is 1. The molecule has 0 bridgehead atoms. The van der Waals surface area contributed by atoms with Gasteiger partial charge < -0.3 is 19.7 Å². The zero-order valence-corrected chi connectivity index (χ0v) is 18.4. The van der Waals surface area contributed by atoms with Crippen LogP contribution in [-0.2, 0) is 13.1 Å². The van der Waals surface area contributed by atoms with Crippen molar-refractivity contribution in [2.24, 2.45) is 5.41 Å². The summed E-state index contributed by atoms with van der Waals surface area (Å²) in [5.41, 5.74) is -3.46. The van der Waals surface area contributed by atoms with E-state index in [4.69, 9.17) is 4.74 Å². The van der Waals surface area contributed by atoms with Crippen LogP contribution in [0.4, 0.5) is 8.78 Å². The summed E-state index contributed by atoms with van der Waals surface area (Å²) in [5.74, 6) is -3.05. The maximum absolute atomic E-state index is 13.9. The van der Waals surface area contributed by atoms with Gasteiger partial charge >= 0.3 is 0 Å². The molecule has 9 heteroatoms. The summed E-state index contributed by atoms with van der Waals surface area (Å²) in [6.45, 7) is 1.45. The van der Waals surface area contributed by atoms with Gasteiger partial charge in [-0.2, -0.15) is 0 Å². The van der Waals surface area contributed by atoms with Gasteiger partial charge in [-0.15, -0.1) is 0 Å². The molecule has 1 aliphatic heterocycles. The molecule has 1 amide bonds. The molecule has 0 unspecified atom stereocenters. The first kappa shape index (κ1) is 23.0. The van der Waals surface area contributed by atoms with Gasteiger partial charge in [0.1, 0.15) is 22.9 Å². The normalized spacial score (nSPS) is 24.2. The summed E-state index contributed by atoms with van der Waals surface area (Å²) >= 11 is 0. The maximum atomic E-state index is 13.9. The zero-order chi connectivity index (χ0) is 24.0. The minimum Gasteiger partial charge on any atom is -0.491 e. The van der Waals surface area contributed by atoms with E-state index in [0.717, 1.165) is 6.07 Å². The third-order valence-corrected chi connectivity index (χ3v) is 6.93. The lowest BCUT2D eigenvalue weighted by Crippen LogP contribution is -2.58.